The molecule has 2 rings (SSSR count). The van der Waals surface area contributed by atoms with E-state index in [-0.39, 0.29) is 5.78 Å². The van der Waals surface area contributed by atoms with Crippen LogP contribution in [-0.4, -0.2) is 15.3 Å². The van der Waals surface area contributed by atoms with Crippen LogP contribution in [0.1, 0.15) is 31.5 Å². The summed E-state index contributed by atoms with van der Waals surface area (Å²) in [5.74, 6) is 0.0727. The molecule has 13 heavy (non-hydrogen) atoms. The quantitative estimate of drug-likeness (QED) is 0.658. The van der Waals surface area contributed by atoms with Crippen molar-refractivity contribution < 1.29 is 4.79 Å². The Bertz CT molecular complexity index is 348. The zero-order valence-corrected chi connectivity index (χ0v) is 7.60. The van der Waals surface area contributed by atoms with Crippen LogP contribution >= 0.6 is 0 Å². The number of allylic oxidation sites excluding steroid dienone is 1. The summed E-state index contributed by atoms with van der Waals surface area (Å²) in [7, 11) is 0. The van der Waals surface area contributed by atoms with Crippen molar-refractivity contribution in [2.24, 2.45) is 0 Å². The van der Waals surface area contributed by atoms with Crippen LogP contribution in [0.4, 0.5) is 0 Å². The Labute approximate surface area is 77.1 Å². The molecular formula is C10H12N2O. The van der Waals surface area contributed by atoms with Crippen LogP contribution in [-0.2, 0) is 4.79 Å². The smallest absolute Gasteiger partial charge is 0.152 e. The summed E-state index contributed by atoms with van der Waals surface area (Å²) in [4.78, 5) is 14.8. The van der Waals surface area contributed by atoms with Gasteiger partial charge in [-0.25, -0.2) is 4.98 Å². The Kier molecular flexibility index (Phi) is 2.00. The van der Waals surface area contributed by atoms with Gasteiger partial charge in [-0.15, -0.1) is 0 Å². The van der Waals surface area contributed by atoms with Crippen molar-refractivity contribution in [3.63, 3.8) is 0 Å². The van der Waals surface area contributed by atoms with Gasteiger partial charge in [0.25, 0.3) is 0 Å². The molecule has 1 heterocycles. The van der Waals surface area contributed by atoms with Gasteiger partial charge in [0.2, 0.25) is 0 Å². The van der Waals surface area contributed by atoms with E-state index in [4.69, 9.17) is 0 Å². The molecule has 1 aliphatic carbocycles. The van der Waals surface area contributed by atoms with E-state index in [2.05, 4.69) is 9.55 Å². The van der Waals surface area contributed by atoms with Crippen molar-refractivity contribution in [3.05, 3.63) is 24.3 Å². The van der Waals surface area contributed by atoms with E-state index in [0.717, 1.165) is 5.69 Å². The Morgan fingerprint density at radius 3 is 3.08 bits per heavy atom. The van der Waals surface area contributed by atoms with E-state index < -0.39 is 0 Å². The molecule has 3 nitrogen and oxygen atoms in total. The van der Waals surface area contributed by atoms with Gasteiger partial charge in [0.1, 0.15) is 0 Å². The highest BCUT2D eigenvalue weighted by atomic mass is 16.1. The van der Waals surface area contributed by atoms with Gasteiger partial charge in [0.15, 0.2) is 5.78 Å². The lowest BCUT2D eigenvalue weighted by Crippen LogP contribution is -1.94. The maximum atomic E-state index is 10.7. The Morgan fingerprint density at radius 2 is 2.46 bits per heavy atom. The maximum Gasteiger partial charge on any atom is 0.152 e. The molecular weight excluding hydrogens is 164 g/mol. The Hall–Kier alpha value is -1.38. The zero-order chi connectivity index (χ0) is 9.26. The lowest BCUT2D eigenvalue weighted by atomic mass is 10.3. The SMILES string of the molecule is CC(=O)C=Cc1cncn1C1CC1. The predicted octanol–water partition coefficient (Wildman–Crippen LogP) is 1.82. The first-order valence-electron chi connectivity index (χ1n) is 4.48. The van der Waals surface area contributed by atoms with E-state index in [1.54, 1.807) is 19.2 Å². The largest absolute Gasteiger partial charge is 0.328 e. The highest BCUT2D eigenvalue weighted by Crippen LogP contribution is 2.35. The fraction of sp³-hybridized carbons (Fsp3) is 0.400. The summed E-state index contributed by atoms with van der Waals surface area (Å²) in [5.41, 5.74) is 1.03. The summed E-state index contributed by atoms with van der Waals surface area (Å²) in [5, 5.41) is 0. The molecule has 0 unspecified atom stereocenters. The Balaban J connectivity index is 2.19. The van der Waals surface area contributed by atoms with Gasteiger partial charge in [0, 0.05) is 6.04 Å². The van der Waals surface area contributed by atoms with Crippen LogP contribution in [0.2, 0.25) is 0 Å². The molecule has 1 aromatic rings. The number of imidazole rings is 1. The molecule has 0 aromatic carbocycles. The average Bonchev–Trinajstić information content (AvgIpc) is 2.82. The van der Waals surface area contributed by atoms with Crippen molar-refractivity contribution in [2.45, 2.75) is 25.8 Å². The summed E-state index contributed by atoms with van der Waals surface area (Å²) >= 11 is 0. The summed E-state index contributed by atoms with van der Waals surface area (Å²) in [6, 6.07) is 0.620. The third kappa shape index (κ3) is 1.86. The first kappa shape index (κ1) is 8.23. The first-order valence-corrected chi connectivity index (χ1v) is 4.48. The predicted molar refractivity (Wildman–Crippen MR) is 50.2 cm³/mol. The third-order valence-electron chi connectivity index (χ3n) is 2.13. The van der Waals surface area contributed by atoms with E-state index in [0.29, 0.717) is 6.04 Å². The first-order chi connectivity index (χ1) is 6.27. The van der Waals surface area contributed by atoms with Crippen molar-refractivity contribution in [1.29, 1.82) is 0 Å². The van der Waals surface area contributed by atoms with Crippen LogP contribution in [0, 0.1) is 0 Å². The number of nitrogens with zero attached hydrogens (tertiary/aromatic N) is 2. The van der Waals surface area contributed by atoms with Gasteiger partial charge in [0.05, 0.1) is 18.2 Å². The highest BCUT2D eigenvalue weighted by molar-refractivity contribution is 5.91. The molecule has 1 aromatic heterocycles. The summed E-state index contributed by atoms with van der Waals surface area (Å²) < 4.78 is 2.12. The van der Waals surface area contributed by atoms with Crippen molar-refractivity contribution in [1.82, 2.24) is 9.55 Å². The summed E-state index contributed by atoms with van der Waals surface area (Å²) in [6.45, 7) is 1.55. The van der Waals surface area contributed by atoms with Crippen molar-refractivity contribution >= 4 is 11.9 Å². The van der Waals surface area contributed by atoms with Gasteiger partial charge in [-0.1, -0.05) is 0 Å². The lowest BCUT2D eigenvalue weighted by molar-refractivity contribution is -0.112. The second-order valence-corrected chi connectivity index (χ2v) is 3.40. The van der Waals surface area contributed by atoms with Crippen LogP contribution in [0.15, 0.2) is 18.6 Å². The van der Waals surface area contributed by atoms with Gasteiger partial charge < -0.3 is 4.57 Å². The molecule has 3 heteroatoms. The fourth-order valence-corrected chi connectivity index (χ4v) is 1.30. The second kappa shape index (κ2) is 3.17. The van der Waals surface area contributed by atoms with Gasteiger partial charge in [-0.3, -0.25) is 4.79 Å². The highest BCUT2D eigenvalue weighted by Gasteiger charge is 2.24. The van der Waals surface area contributed by atoms with Crippen LogP contribution in [0.25, 0.3) is 6.08 Å². The number of rotatable bonds is 3. The minimum absolute atomic E-state index is 0.0727. The van der Waals surface area contributed by atoms with E-state index in [1.807, 2.05) is 12.4 Å². The minimum Gasteiger partial charge on any atom is -0.328 e. The molecule has 0 bridgehead atoms. The topological polar surface area (TPSA) is 34.9 Å². The van der Waals surface area contributed by atoms with Gasteiger partial charge in [-0.05, 0) is 31.9 Å². The molecule has 0 aliphatic heterocycles. The normalized spacial score (nSPS) is 16.7. The van der Waals surface area contributed by atoms with Crippen LogP contribution in [0.5, 0.6) is 0 Å². The van der Waals surface area contributed by atoms with Crippen molar-refractivity contribution in [3.8, 4) is 0 Å². The number of hydrogen-bond acceptors (Lipinski definition) is 2. The molecule has 0 atom stereocenters. The molecule has 1 aliphatic rings. The van der Waals surface area contributed by atoms with Gasteiger partial charge in [-0.2, -0.15) is 0 Å². The standard InChI is InChI=1S/C10H12N2O/c1-8(13)2-3-10-6-11-7-12(10)9-4-5-9/h2-3,6-7,9H,4-5H2,1H3. The molecule has 0 saturated heterocycles. The van der Waals surface area contributed by atoms with Crippen molar-refractivity contribution in [2.75, 3.05) is 0 Å². The fourth-order valence-electron chi connectivity index (χ4n) is 1.30. The monoisotopic (exact) mass is 176 g/mol. The lowest BCUT2D eigenvalue weighted by Gasteiger charge is -2.00. The number of carbonyl (C=O) groups is 1. The van der Waals surface area contributed by atoms with E-state index in [1.165, 1.54) is 12.8 Å². The Morgan fingerprint density at radius 1 is 1.69 bits per heavy atom. The zero-order valence-electron chi connectivity index (χ0n) is 7.60. The minimum atomic E-state index is 0.0727. The van der Waals surface area contributed by atoms with Crippen LogP contribution < -0.4 is 0 Å². The molecule has 1 fully saturated rings. The molecule has 0 radical (unpaired) electrons. The number of ketones is 1. The van der Waals surface area contributed by atoms with E-state index >= 15 is 0 Å². The summed E-state index contributed by atoms with van der Waals surface area (Å²) in [6.07, 6.45) is 9.49. The van der Waals surface area contributed by atoms with E-state index in [9.17, 15) is 4.79 Å². The molecule has 1 saturated carbocycles. The maximum absolute atomic E-state index is 10.7. The number of aromatic nitrogens is 2. The number of carbonyl (C=O) groups excluding carboxylic acids is 1. The third-order valence-corrected chi connectivity index (χ3v) is 2.13. The van der Waals surface area contributed by atoms with Crippen LogP contribution in [0.3, 0.4) is 0 Å². The number of hydrogen-bond donors (Lipinski definition) is 0. The molecule has 68 valence electrons. The second-order valence-electron chi connectivity index (χ2n) is 3.40. The average molecular weight is 176 g/mol. The molecule has 0 N–H and O–H groups in total. The molecule has 0 amide bonds. The van der Waals surface area contributed by atoms with Gasteiger partial charge >= 0.3 is 0 Å². The molecule has 0 spiro atoms.